The van der Waals surface area contributed by atoms with E-state index in [0.29, 0.717) is 6.54 Å². The van der Waals surface area contributed by atoms with Crippen molar-refractivity contribution in [3.05, 3.63) is 83.2 Å². The number of nitrogens with zero attached hydrogens (tertiary/aromatic N) is 1. The van der Waals surface area contributed by atoms with Crippen molar-refractivity contribution in [2.75, 3.05) is 0 Å². The van der Waals surface area contributed by atoms with Crippen molar-refractivity contribution in [2.45, 2.75) is 13.5 Å². The van der Waals surface area contributed by atoms with Crippen LogP contribution in [0.2, 0.25) is 0 Å². The summed E-state index contributed by atoms with van der Waals surface area (Å²) in [6.07, 6.45) is 6.07. The van der Waals surface area contributed by atoms with E-state index in [2.05, 4.69) is 37.3 Å². The van der Waals surface area contributed by atoms with E-state index in [-0.39, 0.29) is 5.78 Å². The lowest BCUT2D eigenvalue weighted by Crippen LogP contribution is -2.35. The summed E-state index contributed by atoms with van der Waals surface area (Å²) < 4.78 is 2.05. The molecule has 0 saturated carbocycles. The number of pyridine rings is 1. The molecule has 1 heterocycles. The highest BCUT2D eigenvalue weighted by Crippen LogP contribution is 2.31. The predicted molar refractivity (Wildman–Crippen MR) is 87.6 cm³/mol. The number of hydrogen-bond acceptors (Lipinski definition) is 1. The van der Waals surface area contributed by atoms with E-state index in [4.69, 9.17) is 0 Å². The van der Waals surface area contributed by atoms with E-state index >= 15 is 0 Å². The van der Waals surface area contributed by atoms with Crippen molar-refractivity contribution in [2.24, 2.45) is 0 Å². The van der Waals surface area contributed by atoms with Gasteiger partial charge in [-0.05, 0) is 29.5 Å². The molecule has 1 aliphatic rings. The van der Waals surface area contributed by atoms with E-state index in [0.717, 1.165) is 27.5 Å². The Kier molecular flexibility index (Phi) is 2.90. The Bertz CT molecular complexity index is 915. The van der Waals surface area contributed by atoms with Crippen molar-refractivity contribution >= 4 is 22.6 Å². The molecule has 0 aliphatic heterocycles. The number of aromatic nitrogens is 1. The van der Waals surface area contributed by atoms with Crippen LogP contribution in [-0.2, 0) is 6.54 Å². The lowest BCUT2D eigenvalue weighted by molar-refractivity contribution is -0.688. The second-order valence-corrected chi connectivity index (χ2v) is 5.80. The van der Waals surface area contributed by atoms with E-state index in [1.54, 1.807) is 0 Å². The highest BCUT2D eigenvalue weighted by Gasteiger charge is 2.23. The van der Waals surface area contributed by atoms with Gasteiger partial charge in [-0.15, -0.1) is 0 Å². The molecule has 1 aliphatic carbocycles. The summed E-state index contributed by atoms with van der Waals surface area (Å²) in [5, 5.41) is 2.20. The topological polar surface area (TPSA) is 20.9 Å². The normalized spacial score (nSPS) is 13.3. The number of aryl methyl sites for hydroxylation is 1. The first-order valence-electron chi connectivity index (χ1n) is 7.45. The number of carbonyl (C=O) groups is 1. The second kappa shape index (κ2) is 4.92. The number of rotatable bonds is 2. The van der Waals surface area contributed by atoms with Crippen molar-refractivity contribution in [3.8, 4) is 0 Å². The Labute approximate surface area is 129 Å². The van der Waals surface area contributed by atoms with Crippen LogP contribution >= 0.6 is 0 Å². The van der Waals surface area contributed by atoms with Crippen molar-refractivity contribution in [1.29, 1.82) is 0 Å². The first kappa shape index (κ1) is 13.0. The third kappa shape index (κ3) is 2.04. The van der Waals surface area contributed by atoms with Gasteiger partial charge in [0, 0.05) is 23.1 Å². The molecule has 0 saturated heterocycles. The monoisotopic (exact) mass is 286 g/mol. The van der Waals surface area contributed by atoms with Gasteiger partial charge in [-0.25, -0.2) is 4.57 Å². The molecule has 0 fully saturated rings. The SMILES string of the molecule is Cc1cc[n+](CC2=Cc3cccc4cccc(c34)C2=O)cc1. The average Bonchev–Trinajstić information content (AvgIpc) is 2.54. The molecule has 3 aromatic rings. The van der Waals surface area contributed by atoms with Gasteiger partial charge in [0.25, 0.3) is 0 Å². The molecule has 0 unspecified atom stereocenters. The van der Waals surface area contributed by atoms with Gasteiger partial charge in [0.15, 0.2) is 24.7 Å². The predicted octanol–water partition coefficient (Wildman–Crippen LogP) is 3.72. The lowest BCUT2D eigenvalue weighted by Gasteiger charge is -2.15. The summed E-state index contributed by atoms with van der Waals surface area (Å²) in [6, 6.07) is 16.3. The van der Waals surface area contributed by atoms with Crippen LogP contribution in [0.3, 0.4) is 0 Å². The largest absolute Gasteiger partial charge is 0.289 e. The molecular weight excluding hydrogens is 270 g/mol. The van der Waals surface area contributed by atoms with E-state index in [1.165, 1.54) is 5.56 Å². The van der Waals surface area contributed by atoms with Crippen LogP contribution in [0.25, 0.3) is 16.8 Å². The number of Topliss-reactive ketones (excluding diaryl/α,β-unsaturated/α-hetero) is 1. The van der Waals surface area contributed by atoms with Crippen LogP contribution in [0.15, 0.2) is 66.5 Å². The number of carbonyl (C=O) groups excluding carboxylic acids is 1. The molecule has 4 rings (SSSR count). The quantitative estimate of drug-likeness (QED) is 0.658. The molecule has 1 aromatic heterocycles. The molecule has 0 spiro atoms. The van der Waals surface area contributed by atoms with Gasteiger partial charge in [0.05, 0.1) is 5.57 Å². The Balaban J connectivity index is 1.82. The Hall–Kier alpha value is -2.74. The minimum Gasteiger partial charge on any atom is -0.289 e. The van der Waals surface area contributed by atoms with Crippen LogP contribution < -0.4 is 4.57 Å². The molecule has 2 aromatic carbocycles. The van der Waals surface area contributed by atoms with Gasteiger partial charge in [0.2, 0.25) is 0 Å². The Morgan fingerprint density at radius 1 is 0.955 bits per heavy atom. The summed E-state index contributed by atoms with van der Waals surface area (Å²) in [5.74, 6) is 0.136. The van der Waals surface area contributed by atoms with Gasteiger partial charge in [-0.1, -0.05) is 36.4 Å². The fourth-order valence-corrected chi connectivity index (χ4v) is 3.06. The molecular formula is C20H16NO+. The number of allylic oxidation sites excluding steroid dienone is 1. The smallest absolute Gasteiger partial charge is 0.196 e. The number of ketones is 1. The van der Waals surface area contributed by atoms with Crippen molar-refractivity contribution in [1.82, 2.24) is 0 Å². The highest BCUT2D eigenvalue weighted by atomic mass is 16.1. The third-order valence-corrected chi connectivity index (χ3v) is 4.21. The third-order valence-electron chi connectivity index (χ3n) is 4.21. The fraction of sp³-hybridized carbons (Fsp3) is 0.100. The van der Waals surface area contributed by atoms with Crippen LogP contribution in [-0.4, -0.2) is 5.78 Å². The van der Waals surface area contributed by atoms with Crippen LogP contribution in [0.1, 0.15) is 21.5 Å². The highest BCUT2D eigenvalue weighted by molar-refractivity contribution is 6.22. The molecule has 2 heteroatoms. The first-order chi connectivity index (χ1) is 10.7. The maximum Gasteiger partial charge on any atom is 0.196 e. The number of hydrogen-bond donors (Lipinski definition) is 0. The standard InChI is InChI=1S/C20H16NO/c1-14-8-10-21(11-9-14)13-17-12-16-6-2-4-15-5-3-7-18(19(15)16)20(17)22/h2-12H,13H2,1H3/q+1. The lowest BCUT2D eigenvalue weighted by atomic mass is 9.88. The van der Waals surface area contributed by atoms with Crippen molar-refractivity contribution < 1.29 is 9.36 Å². The maximum absolute atomic E-state index is 12.8. The molecule has 0 radical (unpaired) electrons. The minimum absolute atomic E-state index is 0.136. The van der Waals surface area contributed by atoms with Gasteiger partial charge >= 0.3 is 0 Å². The Morgan fingerprint density at radius 3 is 2.45 bits per heavy atom. The zero-order valence-electron chi connectivity index (χ0n) is 12.4. The van der Waals surface area contributed by atoms with Crippen LogP contribution in [0.4, 0.5) is 0 Å². The number of benzene rings is 2. The molecule has 0 N–H and O–H groups in total. The molecule has 0 atom stereocenters. The summed E-state index contributed by atoms with van der Waals surface area (Å²) >= 11 is 0. The minimum atomic E-state index is 0.136. The van der Waals surface area contributed by atoms with E-state index in [9.17, 15) is 4.79 Å². The molecule has 22 heavy (non-hydrogen) atoms. The zero-order valence-corrected chi connectivity index (χ0v) is 12.4. The molecule has 0 amide bonds. The summed E-state index contributed by atoms with van der Waals surface area (Å²) in [6.45, 7) is 2.66. The summed E-state index contributed by atoms with van der Waals surface area (Å²) in [4.78, 5) is 12.8. The first-order valence-corrected chi connectivity index (χ1v) is 7.45. The van der Waals surface area contributed by atoms with Crippen molar-refractivity contribution in [3.63, 3.8) is 0 Å². The fourth-order valence-electron chi connectivity index (χ4n) is 3.06. The van der Waals surface area contributed by atoms with Crippen LogP contribution in [0.5, 0.6) is 0 Å². The van der Waals surface area contributed by atoms with E-state index in [1.807, 2.05) is 41.2 Å². The second-order valence-electron chi connectivity index (χ2n) is 5.80. The van der Waals surface area contributed by atoms with Gasteiger partial charge in [-0.3, -0.25) is 4.79 Å². The summed E-state index contributed by atoms with van der Waals surface area (Å²) in [7, 11) is 0. The summed E-state index contributed by atoms with van der Waals surface area (Å²) in [5.41, 5.74) is 4.00. The van der Waals surface area contributed by atoms with Gasteiger partial charge < -0.3 is 0 Å². The molecule has 0 bridgehead atoms. The molecule has 2 nitrogen and oxygen atoms in total. The van der Waals surface area contributed by atoms with Gasteiger partial charge in [0.1, 0.15) is 0 Å². The Morgan fingerprint density at radius 2 is 1.68 bits per heavy atom. The average molecular weight is 286 g/mol. The van der Waals surface area contributed by atoms with Crippen LogP contribution in [0, 0.1) is 6.92 Å². The molecule has 106 valence electrons. The zero-order chi connectivity index (χ0) is 15.1. The van der Waals surface area contributed by atoms with E-state index < -0.39 is 0 Å². The van der Waals surface area contributed by atoms with Gasteiger partial charge in [-0.2, -0.15) is 0 Å². The maximum atomic E-state index is 12.8.